The van der Waals surface area contributed by atoms with E-state index in [1.807, 2.05) is 17.0 Å². The van der Waals surface area contributed by atoms with Gasteiger partial charge in [0.1, 0.15) is 12.0 Å². The number of rotatable bonds is 7. The van der Waals surface area contributed by atoms with E-state index in [0.717, 1.165) is 11.4 Å². The van der Waals surface area contributed by atoms with Gasteiger partial charge in [-0.05, 0) is 24.3 Å². The minimum Gasteiger partial charge on any atom is -0.479 e. The van der Waals surface area contributed by atoms with Gasteiger partial charge in [0.15, 0.2) is 5.82 Å². The SMILES string of the molecule is C=CC(=O)Nc1cc(Nc2ncnc(N3CC(C)(C)c4ncccc43)n2)c(OC)nc1NC. The summed E-state index contributed by atoms with van der Waals surface area (Å²) in [6, 6.07) is 5.58. The zero-order chi connectivity index (χ0) is 23.6. The molecule has 3 N–H and O–H groups in total. The van der Waals surface area contributed by atoms with Crippen molar-refractivity contribution in [3.8, 4) is 5.88 Å². The first-order valence-electron chi connectivity index (χ1n) is 10.3. The number of hydrogen-bond acceptors (Lipinski definition) is 10. The molecule has 33 heavy (non-hydrogen) atoms. The second-order valence-electron chi connectivity index (χ2n) is 7.96. The molecule has 0 aromatic carbocycles. The number of pyridine rings is 2. The highest BCUT2D eigenvalue weighted by Crippen LogP contribution is 2.41. The first kappa shape index (κ1) is 21.9. The Labute approximate surface area is 191 Å². The molecule has 0 atom stereocenters. The highest BCUT2D eigenvalue weighted by atomic mass is 16.5. The number of amides is 1. The van der Waals surface area contributed by atoms with Crippen LogP contribution in [0.4, 0.5) is 34.8 Å². The summed E-state index contributed by atoms with van der Waals surface area (Å²) >= 11 is 0. The Morgan fingerprint density at radius 1 is 1.24 bits per heavy atom. The average Bonchev–Trinajstić information content (AvgIpc) is 3.10. The molecule has 3 aromatic heterocycles. The Balaban J connectivity index is 1.67. The molecule has 11 nitrogen and oxygen atoms in total. The van der Waals surface area contributed by atoms with Gasteiger partial charge in [-0.25, -0.2) is 9.97 Å². The lowest BCUT2D eigenvalue weighted by Crippen LogP contribution is -2.26. The maximum atomic E-state index is 11.8. The molecule has 0 bridgehead atoms. The van der Waals surface area contributed by atoms with Gasteiger partial charge < -0.3 is 25.6 Å². The fraction of sp³-hybridized carbons (Fsp3) is 0.273. The number of aromatic nitrogens is 5. The van der Waals surface area contributed by atoms with Crippen LogP contribution >= 0.6 is 0 Å². The van der Waals surface area contributed by atoms with Crippen molar-refractivity contribution in [3.05, 3.63) is 49.1 Å². The summed E-state index contributed by atoms with van der Waals surface area (Å²) in [4.78, 5) is 36.0. The van der Waals surface area contributed by atoms with E-state index in [-0.39, 0.29) is 11.3 Å². The number of carbonyl (C=O) groups excluding carboxylic acids is 1. The molecular weight excluding hydrogens is 422 g/mol. The summed E-state index contributed by atoms with van der Waals surface area (Å²) in [5, 5.41) is 8.77. The van der Waals surface area contributed by atoms with Crippen LogP contribution in [0.3, 0.4) is 0 Å². The van der Waals surface area contributed by atoms with Gasteiger partial charge in [-0.15, -0.1) is 0 Å². The molecule has 4 rings (SSSR count). The Hall–Kier alpha value is -4.28. The van der Waals surface area contributed by atoms with Gasteiger partial charge in [-0.1, -0.05) is 20.4 Å². The van der Waals surface area contributed by atoms with Crippen LogP contribution in [0.5, 0.6) is 5.88 Å². The molecule has 0 aliphatic carbocycles. The summed E-state index contributed by atoms with van der Waals surface area (Å²) in [7, 11) is 3.20. The standard InChI is InChI=1S/C22H25N9O2/c1-6-16(32)27-13-10-14(19(33-5)29-18(13)23-4)28-20-25-12-26-21(30-20)31-11-22(2,3)17-15(31)8-7-9-24-17/h6-10,12H,1,11H2,2-5H3,(H,23,29)(H,27,32)(H,25,26,28,30). The minimum absolute atomic E-state index is 0.148. The van der Waals surface area contributed by atoms with Gasteiger partial charge in [0.2, 0.25) is 23.7 Å². The molecule has 3 aromatic rings. The van der Waals surface area contributed by atoms with Crippen LogP contribution in [0, 0.1) is 0 Å². The van der Waals surface area contributed by atoms with Crippen molar-refractivity contribution in [2.75, 3.05) is 41.6 Å². The van der Waals surface area contributed by atoms with Crippen molar-refractivity contribution in [2.45, 2.75) is 19.3 Å². The summed E-state index contributed by atoms with van der Waals surface area (Å²) < 4.78 is 5.41. The number of fused-ring (bicyclic) bond motifs is 1. The van der Waals surface area contributed by atoms with Crippen LogP contribution in [0.25, 0.3) is 0 Å². The number of nitrogens with one attached hydrogen (secondary N) is 3. The molecule has 4 heterocycles. The molecule has 0 radical (unpaired) electrons. The zero-order valence-electron chi connectivity index (χ0n) is 18.9. The van der Waals surface area contributed by atoms with E-state index in [1.54, 1.807) is 19.3 Å². The number of carbonyl (C=O) groups is 1. The smallest absolute Gasteiger partial charge is 0.247 e. The normalized spacial score (nSPS) is 13.8. The van der Waals surface area contributed by atoms with E-state index in [4.69, 9.17) is 4.74 Å². The number of hydrogen-bond donors (Lipinski definition) is 3. The van der Waals surface area contributed by atoms with Crippen molar-refractivity contribution in [1.82, 2.24) is 24.9 Å². The van der Waals surface area contributed by atoms with Crippen LogP contribution in [-0.4, -0.2) is 51.5 Å². The van der Waals surface area contributed by atoms with Crippen LogP contribution in [0.1, 0.15) is 19.5 Å². The molecule has 1 aliphatic rings. The summed E-state index contributed by atoms with van der Waals surface area (Å²) in [6.45, 7) is 8.44. The van der Waals surface area contributed by atoms with E-state index in [0.29, 0.717) is 41.5 Å². The van der Waals surface area contributed by atoms with Crippen molar-refractivity contribution < 1.29 is 9.53 Å². The number of ether oxygens (including phenoxy) is 1. The molecule has 11 heteroatoms. The monoisotopic (exact) mass is 447 g/mol. The van der Waals surface area contributed by atoms with E-state index < -0.39 is 0 Å². The quantitative estimate of drug-likeness (QED) is 0.465. The Bertz CT molecular complexity index is 1210. The van der Waals surface area contributed by atoms with Crippen molar-refractivity contribution in [3.63, 3.8) is 0 Å². The van der Waals surface area contributed by atoms with Crippen LogP contribution in [0.2, 0.25) is 0 Å². The fourth-order valence-electron chi connectivity index (χ4n) is 3.68. The molecule has 170 valence electrons. The predicted molar refractivity (Wildman–Crippen MR) is 127 cm³/mol. The molecule has 0 spiro atoms. The van der Waals surface area contributed by atoms with Crippen molar-refractivity contribution in [2.24, 2.45) is 0 Å². The number of methoxy groups -OCH3 is 1. The maximum absolute atomic E-state index is 11.8. The van der Waals surface area contributed by atoms with Crippen LogP contribution in [0.15, 0.2) is 43.4 Å². The molecule has 1 aliphatic heterocycles. The summed E-state index contributed by atoms with van der Waals surface area (Å²) in [6.07, 6.45) is 4.41. The second kappa shape index (κ2) is 8.69. The zero-order valence-corrected chi connectivity index (χ0v) is 18.9. The Morgan fingerprint density at radius 3 is 2.79 bits per heavy atom. The maximum Gasteiger partial charge on any atom is 0.247 e. The molecule has 1 amide bonds. The first-order valence-corrected chi connectivity index (χ1v) is 10.3. The lowest BCUT2D eigenvalue weighted by atomic mass is 9.91. The second-order valence-corrected chi connectivity index (χ2v) is 7.96. The third kappa shape index (κ3) is 4.25. The van der Waals surface area contributed by atoms with E-state index >= 15 is 0 Å². The van der Waals surface area contributed by atoms with Gasteiger partial charge in [0.25, 0.3) is 0 Å². The van der Waals surface area contributed by atoms with Crippen LogP contribution in [-0.2, 0) is 10.2 Å². The van der Waals surface area contributed by atoms with Crippen molar-refractivity contribution in [1.29, 1.82) is 0 Å². The summed E-state index contributed by atoms with van der Waals surface area (Å²) in [5.74, 6) is 1.16. The summed E-state index contributed by atoms with van der Waals surface area (Å²) in [5.41, 5.74) is 2.73. The van der Waals surface area contributed by atoms with Gasteiger partial charge in [0, 0.05) is 25.2 Å². The van der Waals surface area contributed by atoms with E-state index in [9.17, 15) is 4.79 Å². The predicted octanol–water partition coefficient (Wildman–Crippen LogP) is 3.01. The van der Waals surface area contributed by atoms with Gasteiger partial charge in [-0.2, -0.15) is 9.97 Å². The number of nitrogens with zero attached hydrogens (tertiary/aromatic N) is 6. The lowest BCUT2D eigenvalue weighted by molar-refractivity contribution is -0.111. The Morgan fingerprint density at radius 2 is 2.06 bits per heavy atom. The third-order valence-corrected chi connectivity index (χ3v) is 5.18. The molecular formula is C22H25N9O2. The minimum atomic E-state index is -0.365. The van der Waals surface area contributed by atoms with Crippen molar-refractivity contribution >= 4 is 40.7 Å². The fourth-order valence-corrected chi connectivity index (χ4v) is 3.68. The van der Waals surface area contributed by atoms with Gasteiger partial charge in [-0.3, -0.25) is 9.78 Å². The first-order chi connectivity index (χ1) is 15.9. The largest absolute Gasteiger partial charge is 0.479 e. The third-order valence-electron chi connectivity index (χ3n) is 5.18. The highest BCUT2D eigenvalue weighted by molar-refractivity contribution is 6.01. The van der Waals surface area contributed by atoms with Gasteiger partial charge in [0.05, 0.1) is 24.2 Å². The molecule has 0 unspecified atom stereocenters. The highest BCUT2D eigenvalue weighted by Gasteiger charge is 2.38. The van der Waals surface area contributed by atoms with Gasteiger partial charge >= 0.3 is 0 Å². The lowest BCUT2D eigenvalue weighted by Gasteiger charge is -2.20. The average molecular weight is 448 g/mol. The van der Waals surface area contributed by atoms with Crippen LogP contribution < -0.4 is 25.6 Å². The molecule has 0 saturated carbocycles. The van der Waals surface area contributed by atoms with E-state index in [1.165, 1.54) is 19.5 Å². The van der Waals surface area contributed by atoms with E-state index in [2.05, 4.69) is 61.3 Å². The number of anilines is 6. The topological polar surface area (TPSA) is 130 Å². The molecule has 0 saturated heterocycles. The molecule has 0 fully saturated rings. The Kier molecular flexibility index (Phi) is 5.78.